The average molecular weight is 546 g/mol. The molecule has 3 aliphatic heterocycles. The molecule has 3 fully saturated rings. The Morgan fingerprint density at radius 2 is 1.97 bits per heavy atom. The minimum Gasteiger partial charge on any atom is -0.481 e. The fraction of sp³-hybridized carbons (Fsp3) is 0.792. The summed E-state index contributed by atoms with van der Waals surface area (Å²) in [6.07, 6.45) is 3.37. The van der Waals surface area contributed by atoms with Gasteiger partial charge in [-0.05, 0) is 38.5 Å². The van der Waals surface area contributed by atoms with Crippen LogP contribution in [0.25, 0.3) is 0 Å². The zero-order chi connectivity index (χ0) is 24.9. The standard InChI is InChI=1S/C24H37BrN2O5S/c1-7-9-27(23(5,6)13-22(2,3)4)20(30)18-24-12-14(25)17(33-24)15(21(31)32)16(24)19(29)26(18)10-8-11-28/h7,14-18,28H,1,8-13H2,2-6H3,(H,31,32)/t14?,15-,16+,17-,18?,24?/m1/s1. The summed E-state index contributed by atoms with van der Waals surface area (Å²) in [5, 5.41) is 19.2. The van der Waals surface area contributed by atoms with Crippen molar-refractivity contribution in [3.05, 3.63) is 12.7 Å². The smallest absolute Gasteiger partial charge is 0.308 e. The summed E-state index contributed by atoms with van der Waals surface area (Å²) in [5.74, 6) is -2.97. The molecule has 0 saturated carbocycles. The summed E-state index contributed by atoms with van der Waals surface area (Å²) in [5.41, 5.74) is -0.521. The van der Waals surface area contributed by atoms with Crippen LogP contribution in [-0.4, -0.2) is 83.9 Å². The predicted molar refractivity (Wildman–Crippen MR) is 133 cm³/mol. The fourth-order valence-corrected chi connectivity index (χ4v) is 10.1. The average Bonchev–Trinajstić information content (AvgIpc) is 3.25. The molecular formula is C24H37BrN2O5S. The van der Waals surface area contributed by atoms with Gasteiger partial charge in [-0.25, -0.2) is 0 Å². The van der Waals surface area contributed by atoms with E-state index >= 15 is 0 Å². The lowest BCUT2D eigenvalue weighted by molar-refractivity contribution is -0.149. The number of fused-ring (bicyclic) bond motifs is 1. The largest absolute Gasteiger partial charge is 0.481 e. The van der Waals surface area contributed by atoms with E-state index in [0.717, 1.165) is 6.42 Å². The van der Waals surface area contributed by atoms with Crippen LogP contribution in [0.15, 0.2) is 12.7 Å². The third kappa shape index (κ3) is 4.49. The number of nitrogens with zero attached hydrogens (tertiary/aromatic N) is 2. The van der Waals surface area contributed by atoms with E-state index in [-0.39, 0.29) is 40.5 Å². The van der Waals surface area contributed by atoms with Crippen molar-refractivity contribution in [1.82, 2.24) is 9.80 Å². The highest BCUT2D eigenvalue weighted by Crippen LogP contribution is 2.68. The van der Waals surface area contributed by atoms with Crippen LogP contribution in [0.4, 0.5) is 0 Å². The Morgan fingerprint density at radius 3 is 2.48 bits per heavy atom. The molecule has 6 atom stereocenters. The molecule has 0 radical (unpaired) electrons. The van der Waals surface area contributed by atoms with Gasteiger partial charge in [-0.2, -0.15) is 0 Å². The summed E-state index contributed by atoms with van der Waals surface area (Å²) in [7, 11) is 0. The van der Waals surface area contributed by atoms with Gasteiger partial charge in [-0.1, -0.05) is 42.8 Å². The number of likely N-dealkylation sites (tertiary alicyclic amines) is 1. The SMILES string of the molecule is C=CCN(C(=O)C1N(CCCO)C(=O)[C@@H]2[C@@H](C(=O)O)[C@@H]3SC12CC3Br)C(C)(C)CC(C)(C)C. The van der Waals surface area contributed by atoms with Gasteiger partial charge in [0.2, 0.25) is 11.8 Å². The molecule has 3 rings (SSSR count). The molecule has 0 aromatic heterocycles. The molecule has 2 bridgehead atoms. The van der Waals surface area contributed by atoms with Gasteiger partial charge in [0.15, 0.2) is 0 Å². The lowest BCUT2D eigenvalue weighted by Crippen LogP contribution is -2.60. The van der Waals surface area contributed by atoms with Crippen LogP contribution in [0.2, 0.25) is 0 Å². The van der Waals surface area contributed by atoms with E-state index in [1.54, 1.807) is 11.0 Å². The van der Waals surface area contributed by atoms with Crippen LogP contribution >= 0.6 is 27.7 Å². The number of carbonyl (C=O) groups excluding carboxylic acids is 2. The summed E-state index contributed by atoms with van der Waals surface area (Å²) in [6.45, 7) is 14.8. The second kappa shape index (κ2) is 9.19. The predicted octanol–water partition coefficient (Wildman–Crippen LogP) is 3.15. The first-order valence-corrected chi connectivity index (χ1v) is 13.4. The van der Waals surface area contributed by atoms with Crippen LogP contribution in [0.5, 0.6) is 0 Å². The van der Waals surface area contributed by atoms with Crippen molar-refractivity contribution in [3.63, 3.8) is 0 Å². The van der Waals surface area contributed by atoms with Crippen LogP contribution < -0.4 is 0 Å². The summed E-state index contributed by atoms with van der Waals surface area (Å²) in [4.78, 5) is 43.5. The number of aliphatic hydroxyl groups excluding tert-OH is 1. The number of carboxylic acid groups (broad SMARTS) is 1. The lowest BCUT2D eigenvalue weighted by atomic mass is 9.70. The van der Waals surface area contributed by atoms with Crippen molar-refractivity contribution in [2.75, 3.05) is 19.7 Å². The van der Waals surface area contributed by atoms with Gasteiger partial charge in [0.1, 0.15) is 6.04 Å². The third-order valence-electron chi connectivity index (χ3n) is 7.14. The lowest BCUT2D eigenvalue weighted by Gasteiger charge is -2.46. The third-order valence-corrected chi connectivity index (χ3v) is 10.4. The Kier molecular flexibility index (Phi) is 7.39. The molecule has 7 nitrogen and oxygen atoms in total. The molecule has 186 valence electrons. The number of carbonyl (C=O) groups is 3. The minimum atomic E-state index is -0.983. The number of thioether (sulfide) groups is 1. The van der Waals surface area contributed by atoms with Gasteiger partial charge >= 0.3 is 5.97 Å². The molecule has 3 aliphatic rings. The molecule has 0 aromatic rings. The van der Waals surface area contributed by atoms with E-state index < -0.39 is 34.1 Å². The first-order valence-electron chi connectivity index (χ1n) is 11.6. The van der Waals surface area contributed by atoms with Crippen LogP contribution in [0, 0.1) is 17.3 Å². The van der Waals surface area contributed by atoms with Crippen molar-refractivity contribution in [2.24, 2.45) is 17.3 Å². The van der Waals surface area contributed by atoms with E-state index in [4.69, 9.17) is 0 Å². The number of halogens is 1. The Labute approximate surface area is 209 Å². The maximum atomic E-state index is 14.3. The number of carboxylic acids is 1. The van der Waals surface area contributed by atoms with Gasteiger partial charge in [0.25, 0.3) is 0 Å². The highest BCUT2D eigenvalue weighted by atomic mass is 79.9. The summed E-state index contributed by atoms with van der Waals surface area (Å²) in [6, 6.07) is -0.764. The maximum Gasteiger partial charge on any atom is 0.308 e. The van der Waals surface area contributed by atoms with E-state index in [1.807, 2.05) is 18.7 Å². The van der Waals surface area contributed by atoms with E-state index in [1.165, 1.54) is 11.8 Å². The van der Waals surface area contributed by atoms with E-state index in [9.17, 15) is 24.6 Å². The maximum absolute atomic E-state index is 14.3. The zero-order valence-corrected chi connectivity index (χ0v) is 22.6. The van der Waals surface area contributed by atoms with Crippen molar-refractivity contribution in [2.45, 2.75) is 80.3 Å². The number of amides is 2. The van der Waals surface area contributed by atoms with Crippen molar-refractivity contribution in [1.29, 1.82) is 0 Å². The second-order valence-corrected chi connectivity index (χ2v) is 14.1. The van der Waals surface area contributed by atoms with Crippen LogP contribution in [0.1, 0.15) is 53.9 Å². The summed E-state index contributed by atoms with van der Waals surface area (Å²) >= 11 is 5.16. The van der Waals surface area contributed by atoms with Gasteiger partial charge in [-0.15, -0.1) is 18.3 Å². The molecule has 0 aliphatic carbocycles. The molecule has 3 unspecified atom stereocenters. The second-order valence-electron chi connectivity index (χ2n) is 11.4. The quantitative estimate of drug-likeness (QED) is 0.341. The van der Waals surface area contributed by atoms with Crippen molar-refractivity contribution >= 4 is 45.5 Å². The number of hydrogen-bond donors (Lipinski definition) is 2. The molecule has 3 heterocycles. The van der Waals surface area contributed by atoms with Gasteiger partial charge < -0.3 is 20.0 Å². The van der Waals surface area contributed by atoms with E-state index in [0.29, 0.717) is 19.4 Å². The molecule has 33 heavy (non-hydrogen) atoms. The monoisotopic (exact) mass is 544 g/mol. The highest BCUT2D eigenvalue weighted by molar-refractivity contribution is 9.09. The topological polar surface area (TPSA) is 98.2 Å². The van der Waals surface area contributed by atoms with Crippen LogP contribution in [-0.2, 0) is 14.4 Å². The summed E-state index contributed by atoms with van der Waals surface area (Å²) < 4.78 is -0.789. The number of aliphatic hydroxyl groups is 1. The molecule has 1 spiro atoms. The number of alkyl halides is 1. The Hall–Kier alpha value is -1.06. The fourth-order valence-electron chi connectivity index (χ4n) is 6.48. The minimum absolute atomic E-state index is 0.0258. The molecule has 0 aromatic carbocycles. The molecular weight excluding hydrogens is 508 g/mol. The molecule has 9 heteroatoms. The van der Waals surface area contributed by atoms with Gasteiger partial charge in [-0.3, -0.25) is 14.4 Å². The number of aliphatic carboxylic acids is 1. The zero-order valence-electron chi connectivity index (χ0n) is 20.2. The molecule has 2 N–H and O–H groups in total. The Bertz CT molecular complexity index is 828. The van der Waals surface area contributed by atoms with Crippen LogP contribution in [0.3, 0.4) is 0 Å². The molecule has 2 amide bonds. The normalized spacial score (nSPS) is 33.4. The first-order chi connectivity index (χ1) is 15.2. The first kappa shape index (κ1) is 26.5. The Morgan fingerprint density at radius 1 is 1.33 bits per heavy atom. The van der Waals surface area contributed by atoms with Crippen molar-refractivity contribution in [3.8, 4) is 0 Å². The van der Waals surface area contributed by atoms with Crippen molar-refractivity contribution < 1.29 is 24.6 Å². The highest BCUT2D eigenvalue weighted by Gasteiger charge is 2.76. The Balaban J connectivity index is 2.08. The number of hydrogen-bond acceptors (Lipinski definition) is 5. The molecule has 3 saturated heterocycles. The van der Waals surface area contributed by atoms with Gasteiger partial charge in [0, 0.05) is 35.3 Å². The number of rotatable bonds is 9. The van der Waals surface area contributed by atoms with E-state index in [2.05, 4.69) is 43.3 Å². The van der Waals surface area contributed by atoms with Gasteiger partial charge in [0.05, 0.1) is 16.6 Å².